The summed E-state index contributed by atoms with van der Waals surface area (Å²) in [4.78, 5) is 29.4. The predicted molar refractivity (Wildman–Crippen MR) is 75.7 cm³/mol. The second-order valence-corrected chi connectivity index (χ2v) is 4.39. The smallest absolute Gasteiger partial charge is 0.336 e. The number of benzene rings is 1. The Morgan fingerprint density at radius 1 is 1.40 bits per heavy atom. The third kappa shape index (κ3) is 3.03. The largest absolute Gasteiger partial charge is 0.478 e. The Morgan fingerprint density at radius 2 is 2.15 bits per heavy atom. The van der Waals surface area contributed by atoms with Crippen LogP contribution in [0.3, 0.4) is 0 Å². The van der Waals surface area contributed by atoms with Crippen LogP contribution in [0.1, 0.15) is 28.7 Å². The normalized spacial score (nSPS) is 10.3. The minimum absolute atomic E-state index is 0.218. The highest BCUT2D eigenvalue weighted by Crippen LogP contribution is 2.18. The molecule has 0 saturated carbocycles. The van der Waals surface area contributed by atoms with Crippen LogP contribution in [0.25, 0.3) is 0 Å². The summed E-state index contributed by atoms with van der Waals surface area (Å²) < 4.78 is 0. The number of aromatic nitrogens is 2. The van der Waals surface area contributed by atoms with E-state index in [1.54, 1.807) is 19.1 Å². The van der Waals surface area contributed by atoms with Gasteiger partial charge in [-0.2, -0.15) is 0 Å². The number of hydrogen-bond acceptors (Lipinski definition) is 4. The van der Waals surface area contributed by atoms with E-state index in [2.05, 4.69) is 15.3 Å². The number of aryl methyl sites for hydroxylation is 2. The maximum Gasteiger partial charge on any atom is 0.336 e. The zero-order chi connectivity index (χ0) is 14.7. The standard InChI is InChI=1S/C14H15N3O3/c1-3-11-16-12(7-13(18)17-11)15-9-5-4-8(2)10(6-9)14(19)20/h4-7H,3H2,1-2H3,(H,19,20)(H2,15,16,17,18). The maximum atomic E-state index is 11.5. The third-order valence-corrected chi connectivity index (χ3v) is 2.87. The molecule has 0 saturated heterocycles. The average Bonchev–Trinajstić information content (AvgIpc) is 2.40. The molecule has 2 aromatic rings. The van der Waals surface area contributed by atoms with Crippen molar-refractivity contribution in [2.75, 3.05) is 5.32 Å². The quantitative estimate of drug-likeness (QED) is 0.792. The summed E-state index contributed by atoms with van der Waals surface area (Å²) >= 11 is 0. The minimum Gasteiger partial charge on any atom is -0.478 e. The van der Waals surface area contributed by atoms with Crippen LogP contribution in [0, 0.1) is 6.92 Å². The van der Waals surface area contributed by atoms with Crippen LogP contribution in [0.15, 0.2) is 29.1 Å². The zero-order valence-electron chi connectivity index (χ0n) is 11.2. The molecule has 0 aliphatic heterocycles. The molecule has 1 aromatic carbocycles. The van der Waals surface area contributed by atoms with E-state index < -0.39 is 5.97 Å². The third-order valence-electron chi connectivity index (χ3n) is 2.87. The Balaban J connectivity index is 2.35. The van der Waals surface area contributed by atoms with Crippen LogP contribution in [0.2, 0.25) is 0 Å². The first-order valence-corrected chi connectivity index (χ1v) is 6.21. The van der Waals surface area contributed by atoms with Gasteiger partial charge in [-0.25, -0.2) is 9.78 Å². The van der Waals surface area contributed by atoms with Gasteiger partial charge in [0.25, 0.3) is 5.56 Å². The van der Waals surface area contributed by atoms with Crippen LogP contribution in [0.4, 0.5) is 11.5 Å². The van der Waals surface area contributed by atoms with Gasteiger partial charge in [-0.1, -0.05) is 13.0 Å². The van der Waals surface area contributed by atoms with Gasteiger partial charge < -0.3 is 15.4 Å². The highest BCUT2D eigenvalue weighted by molar-refractivity contribution is 5.90. The predicted octanol–water partition coefficient (Wildman–Crippen LogP) is 2.08. The SMILES string of the molecule is CCc1nc(Nc2ccc(C)c(C(=O)O)c2)cc(=O)[nH]1. The molecule has 6 heteroatoms. The van der Waals surface area contributed by atoms with Gasteiger partial charge >= 0.3 is 5.97 Å². The molecule has 0 atom stereocenters. The van der Waals surface area contributed by atoms with Crippen molar-refractivity contribution in [3.05, 3.63) is 51.6 Å². The zero-order valence-corrected chi connectivity index (χ0v) is 11.2. The highest BCUT2D eigenvalue weighted by Gasteiger charge is 2.08. The summed E-state index contributed by atoms with van der Waals surface area (Å²) in [7, 11) is 0. The Bertz CT molecular complexity index is 707. The second-order valence-electron chi connectivity index (χ2n) is 4.39. The number of H-pyrrole nitrogens is 1. The molecule has 104 valence electrons. The van der Waals surface area contributed by atoms with Crippen LogP contribution in [0.5, 0.6) is 0 Å². The molecule has 3 N–H and O–H groups in total. The van der Waals surface area contributed by atoms with Gasteiger partial charge in [-0.05, 0) is 24.6 Å². The fraction of sp³-hybridized carbons (Fsp3) is 0.214. The lowest BCUT2D eigenvalue weighted by atomic mass is 10.1. The van der Waals surface area contributed by atoms with E-state index in [1.165, 1.54) is 12.1 Å². The number of aromatic amines is 1. The lowest BCUT2D eigenvalue weighted by Crippen LogP contribution is -2.12. The molecular formula is C14H15N3O3. The summed E-state index contributed by atoms with van der Waals surface area (Å²) in [5, 5.41) is 12.0. The number of rotatable bonds is 4. The minimum atomic E-state index is -0.987. The van der Waals surface area contributed by atoms with Crippen LogP contribution < -0.4 is 10.9 Å². The first kappa shape index (κ1) is 13.8. The second kappa shape index (κ2) is 5.56. The van der Waals surface area contributed by atoms with Gasteiger partial charge in [-0.15, -0.1) is 0 Å². The maximum absolute atomic E-state index is 11.5. The van der Waals surface area contributed by atoms with Crippen LogP contribution >= 0.6 is 0 Å². The lowest BCUT2D eigenvalue weighted by molar-refractivity contribution is 0.0696. The summed E-state index contributed by atoms with van der Waals surface area (Å²) in [6.45, 7) is 3.62. The Hall–Kier alpha value is -2.63. The van der Waals surface area contributed by atoms with Crippen molar-refractivity contribution in [2.45, 2.75) is 20.3 Å². The number of nitrogens with zero attached hydrogens (tertiary/aromatic N) is 1. The van der Waals surface area contributed by atoms with Crippen molar-refractivity contribution in [3.8, 4) is 0 Å². The summed E-state index contributed by atoms with van der Waals surface area (Å²) in [6, 6.07) is 6.31. The monoisotopic (exact) mass is 273 g/mol. The topological polar surface area (TPSA) is 95.1 Å². The van der Waals surface area contributed by atoms with Gasteiger partial charge in [0.1, 0.15) is 11.6 Å². The fourth-order valence-electron chi connectivity index (χ4n) is 1.82. The average molecular weight is 273 g/mol. The molecule has 1 heterocycles. The van der Waals surface area contributed by atoms with E-state index in [0.717, 1.165) is 0 Å². The molecule has 0 fully saturated rings. The fourth-order valence-corrected chi connectivity index (χ4v) is 1.82. The molecule has 0 radical (unpaired) electrons. The van der Waals surface area contributed by atoms with Gasteiger partial charge in [0, 0.05) is 18.2 Å². The van der Waals surface area contributed by atoms with Gasteiger partial charge in [0.05, 0.1) is 5.56 Å². The first-order chi connectivity index (χ1) is 9.49. The molecule has 0 aliphatic rings. The van der Waals surface area contributed by atoms with E-state index in [1.807, 2.05) is 6.92 Å². The van der Waals surface area contributed by atoms with Crippen molar-refractivity contribution in [1.29, 1.82) is 0 Å². The van der Waals surface area contributed by atoms with E-state index >= 15 is 0 Å². The van der Waals surface area contributed by atoms with Crippen LogP contribution in [-0.2, 0) is 6.42 Å². The number of anilines is 2. The van der Waals surface area contributed by atoms with Crippen LogP contribution in [-0.4, -0.2) is 21.0 Å². The molecule has 0 amide bonds. The molecule has 0 unspecified atom stereocenters. The number of carbonyl (C=O) groups is 1. The van der Waals surface area contributed by atoms with E-state index in [-0.39, 0.29) is 11.1 Å². The molecule has 6 nitrogen and oxygen atoms in total. The summed E-state index contributed by atoms with van der Waals surface area (Å²) in [5.74, 6) is -0.0179. The van der Waals surface area contributed by atoms with E-state index in [0.29, 0.717) is 29.3 Å². The van der Waals surface area contributed by atoms with Gasteiger partial charge in [0.2, 0.25) is 0 Å². The van der Waals surface area contributed by atoms with Crippen molar-refractivity contribution in [2.24, 2.45) is 0 Å². The first-order valence-electron chi connectivity index (χ1n) is 6.21. The van der Waals surface area contributed by atoms with Crippen molar-refractivity contribution in [3.63, 3.8) is 0 Å². The molecule has 2 rings (SSSR count). The Labute approximate surface area is 115 Å². The Morgan fingerprint density at radius 3 is 2.80 bits per heavy atom. The van der Waals surface area contributed by atoms with Gasteiger partial charge in [-0.3, -0.25) is 4.79 Å². The molecule has 20 heavy (non-hydrogen) atoms. The molecular weight excluding hydrogens is 258 g/mol. The molecule has 0 bridgehead atoms. The van der Waals surface area contributed by atoms with Crippen molar-refractivity contribution >= 4 is 17.5 Å². The summed E-state index contributed by atoms with van der Waals surface area (Å²) in [5.41, 5.74) is 1.23. The number of carboxylic acids is 1. The highest BCUT2D eigenvalue weighted by atomic mass is 16.4. The van der Waals surface area contributed by atoms with E-state index in [9.17, 15) is 9.59 Å². The number of aromatic carboxylic acids is 1. The van der Waals surface area contributed by atoms with Crippen molar-refractivity contribution in [1.82, 2.24) is 9.97 Å². The number of nitrogens with one attached hydrogen (secondary N) is 2. The Kier molecular flexibility index (Phi) is 3.84. The summed E-state index contributed by atoms with van der Waals surface area (Å²) in [6.07, 6.45) is 0.610. The molecule has 0 aliphatic carbocycles. The molecule has 0 spiro atoms. The molecule has 1 aromatic heterocycles. The van der Waals surface area contributed by atoms with Gasteiger partial charge in [0.15, 0.2) is 0 Å². The number of carboxylic acid groups (broad SMARTS) is 1. The lowest BCUT2D eigenvalue weighted by Gasteiger charge is -2.08. The van der Waals surface area contributed by atoms with E-state index in [4.69, 9.17) is 5.11 Å². The number of hydrogen-bond donors (Lipinski definition) is 3. The van der Waals surface area contributed by atoms with Crippen molar-refractivity contribution < 1.29 is 9.90 Å².